The zero-order valence-corrected chi connectivity index (χ0v) is 9.69. The van der Waals surface area contributed by atoms with Crippen molar-refractivity contribution in [3.05, 3.63) is 36.7 Å². The normalized spacial score (nSPS) is 36.6. The smallest absolute Gasteiger partial charge is 0.238 e. The summed E-state index contributed by atoms with van der Waals surface area (Å²) in [6, 6.07) is 3.43. The molecule has 4 rings (SSSR count). The number of allylic oxidation sites excluding steroid dienone is 2. The van der Waals surface area contributed by atoms with Gasteiger partial charge in [0.15, 0.2) is 0 Å². The van der Waals surface area contributed by atoms with Crippen molar-refractivity contribution in [2.24, 2.45) is 23.7 Å². The van der Waals surface area contributed by atoms with Crippen LogP contribution in [0.25, 0.3) is 0 Å². The molecule has 90 valence electrons. The Hall–Kier alpha value is -1.97. The summed E-state index contributed by atoms with van der Waals surface area (Å²) in [7, 11) is 0. The first-order valence-electron chi connectivity index (χ1n) is 6.23. The van der Waals surface area contributed by atoms with Gasteiger partial charge < -0.3 is 0 Å². The lowest BCUT2D eigenvalue weighted by molar-refractivity contribution is -0.123. The molecule has 1 aromatic rings. The third-order valence-corrected chi connectivity index (χ3v) is 4.39. The maximum atomic E-state index is 12.4. The van der Waals surface area contributed by atoms with Crippen LogP contribution in [0.15, 0.2) is 36.7 Å². The molecule has 2 amide bonds. The van der Waals surface area contributed by atoms with Crippen LogP contribution in [-0.2, 0) is 9.59 Å². The Morgan fingerprint density at radius 1 is 1.00 bits per heavy atom. The summed E-state index contributed by atoms with van der Waals surface area (Å²) in [5.41, 5.74) is 0.647. The number of hydrogen-bond acceptors (Lipinski definition) is 3. The first kappa shape index (κ1) is 10.00. The number of nitrogens with zero attached hydrogens (tertiary/aromatic N) is 2. The number of aromatic nitrogens is 1. The summed E-state index contributed by atoms with van der Waals surface area (Å²) in [5, 5.41) is 0. The molecule has 3 aliphatic rings. The van der Waals surface area contributed by atoms with Gasteiger partial charge >= 0.3 is 0 Å². The number of imide groups is 1. The lowest BCUT2D eigenvalue weighted by atomic mass is 9.85. The highest BCUT2D eigenvalue weighted by Gasteiger charge is 2.59. The molecule has 0 radical (unpaired) electrons. The molecule has 2 heterocycles. The summed E-state index contributed by atoms with van der Waals surface area (Å²) < 4.78 is 0. The molecular formula is C14H12N2O2. The highest BCUT2D eigenvalue weighted by Crippen LogP contribution is 2.53. The number of amides is 2. The number of anilines is 1. The predicted molar refractivity (Wildman–Crippen MR) is 64.4 cm³/mol. The lowest BCUT2D eigenvalue weighted by Crippen LogP contribution is -2.32. The van der Waals surface area contributed by atoms with E-state index >= 15 is 0 Å². The number of pyridine rings is 1. The van der Waals surface area contributed by atoms with E-state index in [9.17, 15) is 9.59 Å². The molecule has 4 atom stereocenters. The first-order valence-corrected chi connectivity index (χ1v) is 6.23. The largest absolute Gasteiger partial charge is 0.274 e. The molecule has 1 saturated carbocycles. The Morgan fingerprint density at radius 2 is 1.56 bits per heavy atom. The van der Waals surface area contributed by atoms with Gasteiger partial charge in [-0.3, -0.25) is 14.6 Å². The number of rotatable bonds is 1. The van der Waals surface area contributed by atoms with E-state index in [-0.39, 0.29) is 35.5 Å². The second-order valence-corrected chi connectivity index (χ2v) is 5.22. The van der Waals surface area contributed by atoms with Crippen LogP contribution in [0, 0.1) is 23.7 Å². The zero-order valence-electron chi connectivity index (χ0n) is 9.69. The van der Waals surface area contributed by atoms with Crippen molar-refractivity contribution in [3.8, 4) is 0 Å². The molecule has 0 aromatic carbocycles. The van der Waals surface area contributed by atoms with Crippen molar-refractivity contribution in [3.63, 3.8) is 0 Å². The molecule has 18 heavy (non-hydrogen) atoms. The van der Waals surface area contributed by atoms with E-state index in [0.29, 0.717) is 5.69 Å². The van der Waals surface area contributed by atoms with Crippen LogP contribution in [0.1, 0.15) is 6.42 Å². The van der Waals surface area contributed by atoms with Crippen LogP contribution in [-0.4, -0.2) is 16.8 Å². The van der Waals surface area contributed by atoms with Gasteiger partial charge in [-0.2, -0.15) is 0 Å². The van der Waals surface area contributed by atoms with E-state index in [1.54, 1.807) is 24.5 Å². The molecule has 2 fully saturated rings. The summed E-state index contributed by atoms with van der Waals surface area (Å²) in [6.07, 6.45) is 8.39. The van der Waals surface area contributed by atoms with Crippen LogP contribution >= 0.6 is 0 Å². The summed E-state index contributed by atoms with van der Waals surface area (Å²) >= 11 is 0. The minimum absolute atomic E-state index is 0.0342. The molecule has 4 nitrogen and oxygen atoms in total. The third-order valence-electron chi connectivity index (χ3n) is 4.39. The standard InChI is InChI=1S/C14H12N2O2/c17-13-11-8-1-2-9(7-8)12(11)14(18)16(13)10-3-5-15-6-4-10/h1-6,8-9,11-12H,7H2/t8-,9+,11-,12+. The molecule has 1 saturated heterocycles. The Bertz CT molecular complexity index is 536. The van der Waals surface area contributed by atoms with E-state index in [0.717, 1.165) is 6.42 Å². The van der Waals surface area contributed by atoms with Crippen molar-refractivity contribution in [2.75, 3.05) is 4.90 Å². The van der Waals surface area contributed by atoms with Gasteiger partial charge in [0.2, 0.25) is 11.8 Å². The average molecular weight is 240 g/mol. The number of carbonyl (C=O) groups excluding carboxylic acids is 2. The Labute approximate surface area is 104 Å². The maximum absolute atomic E-state index is 12.4. The number of fused-ring (bicyclic) bond motifs is 5. The van der Waals surface area contributed by atoms with Crippen molar-refractivity contribution < 1.29 is 9.59 Å². The zero-order chi connectivity index (χ0) is 12.3. The highest BCUT2D eigenvalue weighted by atomic mass is 16.2. The molecule has 2 aliphatic carbocycles. The van der Waals surface area contributed by atoms with Crippen molar-refractivity contribution in [2.45, 2.75) is 6.42 Å². The van der Waals surface area contributed by atoms with E-state index < -0.39 is 0 Å². The van der Waals surface area contributed by atoms with Crippen molar-refractivity contribution >= 4 is 17.5 Å². The summed E-state index contributed by atoms with van der Waals surface area (Å²) in [4.78, 5) is 30.1. The number of hydrogen-bond donors (Lipinski definition) is 0. The molecule has 1 aliphatic heterocycles. The molecule has 1 aromatic heterocycles. The monoisotopic (exact) mass is 240 g/mol. The molecule has 0 spiro atoms. The van der Waals surface area contributed by atoms with Gasteiger partial charge in [-0.1, -0.05) is 12.2 Å². The van der Waals surface area contributed by atoms with E-state index in [4.69, 9.17) is 0 Å². The Balaban J connectivity index is 1.77. The third kappa shape index (κ3) is 1.08. The van der Waals surface area contributed by atoms with E-state index in [1.165, 1.54) is 4.90 Å². The van der Waals surface area contributed by atoms with Crippen LogP contribution < -0.4 is 4.90 Å². The fourth-order valence-corrected chi connectivity index (χ4v) is 3.65. The van der Waals surface area contributed by atoms with E-state index in [2.05, 4.69) is 17.1 Å². The molecule has 4 heteroatoms. The van der Waals surface area contributed by atoms with Gasteiger partial charge in [-0.05, 0) is 30.4 Å². The molecular weight excluding hydrogens is 228 g/mol. The quantitative estimate of drug-likeness (QED) is 0.550. The van der Waals surface area contributed by atoms with Gasteiger partial charge in [0.05, 0.1) is 17.5 Å². The SMILES string of the molecule is O=C1[C@@H]2[C@H](C(=O)N1c1ccncc1)[C@@H]1C=C[C@H]2C1. The summed E-state index contributed by atoms with van der Waals surface area (Å²) in [5.74, 6) is 0.217. The minimum atomic E-state index is -0.124. The highest BCUT2D eigenvalue weighted by molar-refractivity contribution is 6.22. The maximum Gasteiger partial charge on any atom is 0.238 e. The fraction of sp³-hybridized carbons (Fsp3) is 0.357. The predicted octanol–water partition coefficient (Wildman–Crippen LogP) is 1.39. The topological polar surface area (TPSA) is 50.3 Å². The van der Waals surface area contributed by atoms with Crippen molar-refractivity contribution in [1.29, 1.82) is 0 Å². The van der Waals surface area contributed by atoms with Crippen LogP contribution in [0.2, 0.25) is 0 Å². The fourth-order valence-electron chi connectivity index (χ4n) is 3.65. The van der Waals surface area contributed by atoms with Crippen LogP contribution in [0.3, 0.4) is 0 Å². The number of carbonyl (C=O) groups is 2. The molecule has 0 unspecified atom stereocenters. The Morgan fingerprint density at radius 3 is 2.11 bits per heavy atom. The van der Waals surface area contributed by atoms with E-state index in [1.807, 2.05) is 0 Å². The molecule has 2 bridgehead atoms. The van der Waals surface area contributed by atoms with Gasteiger partial charge in [0.25, 0.3) is 0 Å². The minimum Gasteiger partial charge on any atom is -0.274 e. The van der Waals surface area contributed by atoms with Gasteiger partial charge in [-0.15, -0.1) is 0 Å². The molecule has 0 N–H and O–H groups in total. The second kappa shape index (κ2) is 3.28. The van der Waals surface area contributed by atoms with Gasteiger partial charge in [-0.25, -0.2) is 4.90 Å². The average Bonchev–Trinajstić information content (AvgIpc) is 3.05. The summed E-state index contributed by atoms with van der Waals surface area (Å²) in [6.45, 7) is 0. The Kier molecular flexibility index (Phi) is 1.82. The second-order valence-electron chi connectivity index (χ2n) is 5.22. The first-order chi connectivity index (χ1) is 8.77. The van der Waals surface area contributed by atoms with Crippen molar-refractivity contribution in [1.82, 2.24) is 4.98 Å². The lowest BCUT2D eigenvalue weighted by Gasteiger charge is -2.16. The van der Waals surface area contributed by atoms with Gasteiger partial charge in [0, 0.05) is 12.4 Å². The van der Waals surface area contributed by atoms with Gasteiger partial charge in [0.1, 0.15) is 0 Å². The van der Waals surface area contributed by atoms with Crippen LogP contribution in [0.5, 0.6) is 0 Å². The van der Waals surface area contributed by atoms with Crippen LogP contribution in [0.4, 0.5) is 5.69 Å².